The van der Waals surface area contributed by atoms with E-state index in [9.17, 15) is 17.6 Å². The van der Waals surface area contributed by atoms with Crippen molar-refractivity contribution in [1.29, 1.82) is 5.26 Å². The summed E-state index contributed by atoms with van der Waals surface area (Å²) < 4.78 is 52.2. The van der Waals surface area contributed by atoms with E-state index < -0.39 is 18.4 Å². The molecule has 5 nitrogen and oxygen atoms in total. The average molecular weight is 349 g/mol. The molecule has 0 unspecified atom stereocenters. The van der Waals surface area contributed by atoms with Gasteiger partial charge in [-0.15, -0.1) is 0 Å². The van der Waals surface area contributed by atoms with Gasteiger partial charge in [-0.25, -0.2) is 13.9 Å². The van der Waals surface area contributed by atoms with Gasteiger partial charge in [-0.1, -0.05) is 6.07 Å². The highest BCUT2D eigenvalue weighted by molar-refractivity contribution is 5.70. The second-order valence-corrected chi connectivity index (χ2v) is 5.26. The quantitative estimate of drug-likeness (QED) is 0.728. The lowest BCUT2D eigenvalue weighted by molar-refractivity contribution is -0.131. The van der Waals surface area contributed by atoms with Crippen LogP contribution in [0.4, 0.5) is 23.2 Å². The molecule has 0 amide bonds. The third-order valence-electron chi connectivity index (χ3n) is 3.50. The fourth-order valence-electron chi connectivity index (χ4n) is 2.35. The summed E-state index contributed by atoms with van der Waals surface area (Å²) in [5.74, 6) is -0.691. The first-order valence-electron chi connectivity index (χ1n) is 7.22. The van der Waals surface area contributed by atoms with E-state index >= 15 is 0 Å². The number of alkyl halides is 3. The Kier molecular flexibility index (Phi) is 4.27. The largest absolute Gasteiger partial charge is 0.390 e. The van der Waals surface area contributed by atoms with E-state index in [4.69, 9.17) is 5.26 Å². The van der Waals surface area contributed by atoms with Crippen LogP contribution >= 0.6 is 0 Å². The van der Waals surface area contributed by atoms with Gasteiger partial charge in [0.15, 0.2) is 5.65 Å². The fourth-order valence-corrected chi connectivity index (χ4v) is 2.35. The number of nitrogens with one attached hydrogen (secondary N) is 1. The van der Waals surface area contributed by atoms with Crippen LogP contribution < -0.4 is 5.32 Å². The maximum atomic E-state index is 13.9. The van der Waals surface area contributed by atoms with E-state index in [0.717, 1.165) is 0 Å². The SMILES string of the molecule is N#Cc1ccc(-c2cc(NCCC(F)(F)F)cc3ncnn23)cc1F. The molecule has 0 atom stereocenters. The molecule has 3 aromatic rings. The minimum Gasteiger partial charge on any atom is -0.385 e. The fraction of sp³-hybridized carbons (Fsp3) is 0.188. The lowest BCUT2D eigenvalue weighted by atomic mass is 10.1. The molecule has 0 spiro atoms. The van der Waals surface area contributed by atoms with Crippen molar-refractivity contribution >= 4 is 11.3 Å². The molecule has 0 aliphatic rings. The smallest absolute Gasteiger partial charge is 0.385 e. The summed E-state index contributed by atoms with van der Waals surface area (Å²) in [4.78, 5) is 4.02. The number of halogens is 4. The summed E-state index contributed by atoms with van der Waals surface area (Å²) in [7, 11) is 0. The van der Waals surface area contributed by atoms with Crippen LogP contribution in [0.25, 0.3) is 16.9 Å². The maximum absolute atomic E-state index is 13.9. The van der Waals surface area contributed by atoms with Gasteiger partial charge < -0.3 is 5.32 Å². The number of rotatable bonds is 4. The van der Waals surface area contributed by atoms with Crippen LogP contribution in [0.3, 0.4) is 0 Å². The second kappa shape index (κ2) is 6.39. The monoisotopic (exact) mass is 349 g/mol. The zero-order valence-corrected chi connectivity index (χ0v) is 12.7. The molecule has 0 saturated carbocycles. The topological polar surface area (TPSA) is 66.0 Å². The summed E-state index contributed by atoms with van der Waals surface area (Å²) in [6.07, 6.45) is -3.95. The molecule has 0 aliphatic heterocycles. The van der Waals surface area contributed by atoms with Gasteiger partial charge in [0.2, 0.25) is 0 Å². The van der Waals surface area contributed by atoms with Gasteiger partial charge in [-0.05, 0) is 18.2 Å². The molecule has 0 aliphatic carbocycles. The minimum absolute atomic E-state index is 0.0990. The Morgan fingerprint density at radius 3 is 2.68 bits per heavy atom. The third kappa shape index (κ3) is 3.68. The molecule has 2 heterocycles. The van der Waals surface area contributed by atoms with Gasteiger partial charge in [0.25, 0.3) is 0 Å². The number of fused-ring (bicyclic) bond motifs is 1. The normalized spacial score (nSPS) is 11.5. The Labute approximate surface area is 139 Å². The minimum atomic E-state index is -4.26. The zero-order chi connectivity index (χ0) is 18.0. The highest BCUT2D eigenvalue weighted by Crippen LogP contribution is 2.26. The highest BCUT2D eigenvalue weighted by Gasteiger charge is 2.26. The predicted octanol–water partition coefficient (Wildman–Crippen LogP) is 3.77. The molecular weight excluding hydrogens is 338 g/mol. The van der Waals surface area contributed by atoms with Crippen LogP contribution in [0.2, 0.25) is 0 Å². The second-order valence-electron chi connectivity index (χ2n) is 5.26. The van der Waals surface area contributed by atoms with Crippen molar-refractivity contribution in [2.75, 3.05) is 11.9 Å². The standard InChI is InChI=1S/C16H11F4N5/c17-13-5-10(1-2-11(13)8-21)14-6-12(22-4-3-16(18,19)20)7-15-23-9-24-25(14)15/h1-2,5-7,9,22H,3-4H2. The molecule has 9 heteroatoms. The molecule has 0 saturated heterocycles. The van der Waals surface area contributed by atoms with Crippen LogP contribution in [0.1, 0.15) is 12.0 Å². The van der Waals surface area contributed by atoms with E-state index in [2.05, 4.69) is 15.4 Å². The molecule has 3 rings (SSSR count). The van der Waals surface area contributed by atoms with Crippen LogP contribution in [-0.2, 0) is 0 Å². The van der Waals surface area contributed by atoms with Gasteiger partial charge in [0.05, 0.1) is 17.7 Å². The number of hydrogen-bond acceptors (Lipinski definition) is 4. The molecule has 128 valence electrons. The van der Waals surface area contributed by atoms with E-state index in [-0.39, 0.29) is 12.1 Å². The van der Waals surface area contributed by atoms with Crippen molar-refractivity contribution in [2.24, 2.45) is 0 Å². The number of aromatic nitrogens is 3. The summed E-state index contributed by atoms with van der Waals surface area (Å²) in [5, 5.41) is 15.5. The summed E-state index contributed by atoms with van der Waals surface area (Å²) in [5.41, 5.74) is 1.57. The van der Waals surface area contributed by atoms with Crippen LogP contribution in [0, 0.1) is 17.1 Å². The van der Waals surface area contributed by atoms with Gasteiger partial charge in [0, 0.05) is 23.9 Å². The number of nitriles is 1. The molecule has 0 bridgehead atoms. The first-order valence-corrected chi connectivity index (χ1v) is 7.22. The van der Waals surface area contributed by atoms with E-state index in [1.54, 1.807) is 18.2 Å². The number of hydrogen-bond donors (Lipinski definition) is 1. The van der Waals surface area contributed by atoms with Crippen LogP contribution in [0.5, 0.6) is 0 Å². The molecule has 1 N–H and O–H groups in total. The first-order chi connectivity index (χ1) is 11.9. The van der Waals surface area contributed by atoms with Gasteiger partial charge >= 0.3 is 6.18 Å². The van der Waals surface area contributed by atoms with Crippen molar-refractivity contribution in [3.05, 3.63) is 48.0 Å². The Hall–Kier alpha value is -3.15. The molecule has 0 fully saturated rings. The lowest BCUT2D eigenvalue weighted by Crippen LogP contribution is -2.14. The average Bonchev–Trinajstić information content (AvgIpc) is 3.01. The Morgan fingerprint density at radius 1 is 1.20 bits per heavy atom. The van der Waals surface area contributed by atoms with Crippen molar-refractivity contribution in [3.63, 3.8) is 0 Å². The molecule has 0 radical (unpaired) electrons. The summed E-state index contributed by atoms with van der Waals surface area (Å²) in [6.45, 7) is -0.297. The number of anilines is 1. The number of pyridine rings is 1. The van der Waals surface area contributed by atoms with Gasteiger partial charge in [-0.3, -0.25) is 0 Å². The van der Waals surface area contributed by atoms with E-state index in [0.29, 0.717) is 22.6 Å². The Bertz CT molecular complexity index is 955. The van der Waals surface area contributed by atoms with Gasteiger partial charge in [-0.2, -0.15) is 23.5 Å². The molecule has 2 aromatic heterocycles. The maximum Gasteiger partial charge on any atom is 0.390 e. The van der Waals surface area contributed by atoms with Gasteiger partial charge in [0.1, 0.15) is 18.2 Å². The Balaban J connectivity index is 1.98. The van der Waals surface area contributed by atoms with Crippen molar-refractivity contribution < 1.29 is 17.6 Å². The third-order valence-corrected chi connectivity index (χ3v) is 3.50. The Morgan fingerprint density at radius 2 is 2.00 bits per heavy atom. The van der Waals surface area contributed by atoms with Crippen molar-refractivity contribution in [1.82, 2.24) is 14.6 Å². The van der Waals surface area contributed by atoms with Crippen molar-refractivity contribution in [2.45, 2.75) is 12.6 Å². The summed E-state index contributed by atoms with van der Waals surface area (Å²) in [6, 6.07) is 8.88. The predicted molar refractivity (Wildman–Crippen MR) is 82.3 cm³/mol. The van der Waals surface area contributed by atoms with Crippen LogP contribution in [0.15, 0.2) is 36.7 Å². The summed E-state index contributed by atoms with van der Waals surface area (Å²) >= 11 is 0. The van der Waals surface area contributed by atoms with E-state index in [1.807, 2.05) is 0 Å². The lowest BCUT2D eigenvalue weighted by Gasteiger charge is -2.12. The van der Waals surface area contributed by atoms with Crippen molar-refractivity contribution in [3.8, 4) is 17.3 Å². The highest BCUT2D eigenvalue weighted by atomic mass is 19.4. The van der Waals surface area contributed by atoms with Crippen LogP contribution in [-0.4, -0.2) is 27.3 Å². The zero-order valence-electron chi connectivity index (χ0n) is 12.7. The molecular formula is C16H11F4N5. The number of benzene rings is 1. The number of nitrogens with zero attached hydrogens (tertiary/aromatic N) is 4. The first kappa shape index (κ1) is 16.7. The molecule has 1 aromatic carbocycles. The van der Waals surface area contributed by atoms with E-state index in [1.165, 1.54) is 29.0 Å². The molecule has 25 heavy (non-hydrogen) atoms.